The molecule has 0 heterocycles. The van der Waals surface area contributed by atoms with Crippen LogP contribution in [0.4, 0.5) is 0 Å². The predicted molar refractivity (Wildman–Crippen MR) is 241 cm³/mol. The van der Waals surface area contributed by atoms with Crippen molar-refractivity contribution in [2.45, 2.75) is 238 Å². The summed E-state index contributed by atoms with van der Waals surface area (Å²) in [5.41, 5.74) is 0. The van der Waals surface area contributed by atoms with Crippen molar-refractivity contribution in [2.24, 2.45) is 0 Å². The second-order valence-electron chi connectivity index (χ2n) is 15.9. The molecule has 0 aromatic heterocycles. The van der Waals surface area contributed by atoms with Gasteiger partial charge < -0.3 is 20.3 Å². The maximum Gasteiger partial charge on any atom is 0.306 e. The third-order valence-electron chi connectivity index (χ3n) is 10.4. The molecule has 56 heavy (non-hydrogen) atoms. The van der Waals surface area contributed by atoms with E-state index in [4.69, 9.17) is 4.74 Å². The van der Waals surface area contributed by atoms with Crippen LogP contribution < -0.4 is 5.32 Å². The monoisotopic (exact) mass is 784 g/mol. The van der Waals surface area contributed by atoms with E-state index in [1.807, 2.05) is 0 Å². The van der Waals surface area contributed by atoms with Crippen molar-refractivity contribution in [1.82, 2.24) is 5.32 Å². The van der Waals surface area contributed by atoms with Gasteiger partial charge in [-0.05, 0) is 64.2 Å². The third kappa shape index (κ3) is 38.4. The van der Waals surface area contributed by atoms with Crippen LogP contribution in [0, 0.1) is 0 Å². The molecule has 0 saturated carbocycles. The van der Waals surface area contributed by atoms with Gasteiger partial charge in [0.15, 0.2) is 0 Å². The molecule has 0 fully saturated rings. The predicted octanol–water partition coefficient (Wildman–Crippen LogP) is 13.7. The van der Waals surface area contributed by atoms with Crippen LogP contribution in [0.5, 0.6) is 0 Å². The number of nitrogens with one attached hydrogen (secondary N) is 1. The summed E-state index contributed by atoms with van der Waals surface area (Å²) in [6, 6.07) is -0.719. The number of carbonyl (C=O) groups excluding carboxylic acids is 2. The van der Waals surface area contributed by atoms with Crippen LogP contribution in [0.1, 0.15) is 220 Å². The summed E-state index contributed by atoms with van der Waals surface area (Å²) in [6.07, 6.45) is 52.8. The number of aliphatic hydroxyl groups excluding tert-OH is 2. The lowest BCUT2D eigenvalue weighted by Gasteiger charge is -2.24. The van der Waals surface area contributed by atoms with E-state index in [9.17, 15) is 19.8 Å². The van der Waals surface area contributed by atoms with E-state index in [0.29, 0.717) is 19.3 Å². The Labute approximate surface area is 346 Å². The van der Waals surface area contributed by atoms with Crippen LogP contribution in [0.15, 0.2) is 60.8 Å². The van der Waals surface area contributed by atoms with E-state index in [1.165, 1.54) is 89.9 Å². The Hall–Kier alpha value is -2.44. The molecule has 6 nitrogen and oxygen atoms in total. The quantitative estimate of drug-likeness (QED) is 0.0326. The fourth-order valence-corrected chi connectivity index (χ4v) is 6.84. The number of ether oxygens (including phenoxy) is 1. The summed E-state index contributed by atoms with van der Waals surface area (Å²) in [5.74, 6) is -0.548. The molecule has 324 valence electrons. The van der Waals surface area contributed by atoms with Gasteiger partial charge in [-0.3, -0.25) is 9.59 Å². The van der Waals surface area contributed by atoms with Crippen LogP contribution in [0.2, 0.25) is 0 Å². The van der Waals surface area contributed by atoms with Gasteiger partial charge in [0.2, 0.25) is 5.91 Å². The summed E-state index contributed by atoms with van der Waals surface area (Å²) >= 11 is 0. The van der Waals surface area contributed by atoms with Gasteiger partial charge in [0.05, 0.1) is 25.2 Å². The smallest absolute Gasteiger partial charge is 0.306 e. The lowest BCUT2D eigenvalue weighted by Crippen LogP contribution is -2.46. The lowest BCUT2D eigenvalue weighted by molar-refractivity contribution is -0.151. The number of hydrogen-bond donors (Lipinski definition) is 3. The number of unbranched alkanes of at least 4 members (excludes halogenated alkanes) is 22. The molecule has 3 N–H and O–H groups in total. The molecule has 3 atom stereocenters. The zero-order valence-corrected chi connectivity index (χ0v) is 36.8. The molecule has 0 aliphatic heterocycles. The van der Waals surface area contributed by atoms with Crippen molar-refractivity contribution in [3.05, 3.63) is 60.8 Å². The first-order valence-corrected chi connectivity index (χ1v) is 23.6. The van der Waals surface area contributed by atoms with E-state index in [1.54, 1.807) is 0 Å². The highest BCUT2D eigenvalue weighted by molar-refractivity contribution is 5.77. The Bertz CT molecular complexity index is 1010. The maximum atomic E-state index is 13.1. The van der Waals surface area contributed by atoms with Gasteiger partial charge in [0, 0.05) is 6.42 Å². The minimum absolute atomic E-state index is 0.0346. The number of allylic oxidation sites excluding steroid dienone is 10. The van der Waals surface area contributed by atoms with Crippen LogP contribution >= 0.6 is 0 Å². The average molecular weight is 784 g/mol. The Morgan fingerprint density at radius 2 is 0.982 bits per heavy atom. The minimum Gasteiger partial charge on any atom is -0.462 e. The van der Waals surface area contributed by atoms with E-state index in [0.717, 1.165) is 83.5 Å². The first-order chi connectivity index (χ1) is 27.5. The van der Waals surface area contributed by atoms with E-state index in [2.05, 4.69) is 86.8 Å². The third-order valence-corrected chi connectivity index (χ3v) is 10.4. The Morgan fingerprint density at radius 1 is 0.536 bits per heavy atom. The fourth-order valence-electron chi connectivity index (χ4n) is 6.84. The number of rotatable bonds is 41. The molecule has 0 aliphatic carbocycles. The molecular formula is C50H89NO5. The van der Waals surface area contributed by atoms with Gasteiger partial charge in [-0.15, -0.1) is 0 Å². The van der Waals surface area contributed by atoms with Crippen LogP contribution in [0.25, 0.3) is 0 Å². The summed E-state index contributed by atoms with van der Waals surface area (Å²) in [5, 5.41) is 23.6. The van der Waals surface area contributed by atoms with Crippen molar-refractivity contribution in [1.29, 1.82) is 0 Å². The average Bonchev–Trinajstić information content (AvgIpc) is 3.19. The van der Waals surface area contributed by atoms with Gasteiger partial charge in [0.1, 0.15) is 6.10 Å². The van der Waals surface area contributed by atoms with Crippen LogP contribution in [0.3, 0.4) is 0 Å². The highest BCUT2D eigenvalue weighted by Crippen LogP contribution is 2.16. The molecule has 0 rings (SSSR count). The van der Waals surface area contributed by atoms with Crippen molar-refractivity contribution in [2.75, 3.05) is 6.61 Å². The topological polar surface area (TPSA) is 95.9 Å². The first kappa shape index (κ1) is 53.6. The lowest BCUT2D eigenvalue weighted by atomic mass is 10.0. The van der Waals surface area contributed by atoms with Gasteiger partial charge in [-0.1, -0.05) is 204 Å². The highest BCUT2D eigenvalue weighted by Gasteiger charge is 2.24. The Morgan fingerprint density at radius 3 is 1.50 bits per heavy atom. The summed E-state index contributed by atoms with van der Waals surface area (Å²) < 4.78 is 5.87. The van der Waals surface area contributed by atoms with Crippen LogP contribution in [-0.2, 0) is 14.3 Å². The standard InChI is InChI=1S/C50H89NO5/c1-4-7-10-13-16-19-22-24-26-27-29-32-35-38-41-46(56-50(55)43-40-37-34-31-28-25-23-20-17-14-11-8-5-2)44-49(54)51-47(45-52)48(53)42-39-36-33-30-21-18-15-12-9-6-3/h8,11,14,17,20,23,26-27,29,32,46-48,52-53H,4-7,9-10,12-13,15-16,18-19,21-22,24-25,28,30-31,33-45H2,1-3H3,(H,51,54)/b11-8+,17-14+,23-20-,27-26+,32-29+. The molecule has 0 radical (unpaired) electrons. The molecule has 0 spiro atoms. The molecule has 0 saturated heterocycles. The van der Waals surface area contributed by atoms with E-state index >= 15 is 0 Å². The van der Waals surface area contributed by atoms with Crippen molar-refractivity contribution < 1.29 is 24.5 Å². The van der Waals surface area contributed by atoms with Gasteiger partial charge >= 0.3 is 5.97 Å². The van der Waals surface area contributed by atoms with E-state index < -0.39 is 18.2 Å². The molecular weight excluding hydrogens is 695 g/mol. The fraction of sp³-hybridized carbons (Fsp3) is 0.760. The van der Waals surface area contributed by atoms with Gasteiger partial charge in [0.25, 0.3) is 0 Å². The number of hydrogen-bond acceptors (Lipinski definition) is 5. The Kier molecular flexibility index (Phi) is 41.8. The van der Waals surface area contributed by atoms with Gasteiger partial charge in [-0.2, -0.15) is 0 Å². The number of amides is 1. The van der Waals surface area contributed by atoms with Crippen molar-refractivity contribution >= 4 is 11.9 Å². The molecule has 0 aromatic rings. The minimum atomic E-state index is -0.802. The maximum absolute atomic E-state index is 13.1. The van der Waals surface area contributed by atoms with Gasteiger partial charge in [-0.25, -0.2) is 0 Å². The molecule has 6 heteroatoms. The second-order valence-corrected chi connectivity index (χ2v) is 15.9. The second kappa shape index (κ2) is 43.7. The first-order valence-electron chi connectivity index (χ1n) is 23.6. The number of aliphatic hydroxyl groups is 2. The molecule has 0 aromatic carbocycles. The zero-order valence-electron chi connectivity index (χ0n) is 36.8. The van der Waals surface area contributed by atoms with E-state index in [-0.39, 0.29) is 24.9 Å². The molecule has 0 bridgehead atoms. The normalized spacial score (nSPS) is 13.9. The molecule has 3 unspecified atom stereocenters. The Balaban J connectivity index is 4.72. The molecule has 1 amide bonds. The number of esters is 1. The largest absolute Gasteiger partial charge is 0.462 e. The molecule has 0 aliphatic rings. The summed E-state index contributed by atoms with van der Waals surface area (Å²) in [4.78, 5) is 26.0. The highest BCUT2D eigenvalue weighted by atomic mass is 16.5. The van der Waals surface area contributed by atoms with Crippen LogP contribution in [-0.4, -0.2) is 46.9 Å². The SMILES string of the molecule is CC/C=C/C=C/C=C\CCCCCCCC(=O)OC(CCC/C=C/C=C/CCCCCCCCC)CC(=O)NC(CO)C(O)CCCCCCCCCCCC. The van der Waals surface area contributed by atoms with Crippen molar-refractivity contribution in [3.63, 3.8) is 0 Å². The summed E-state index contributed by atoms with van der Waals surface area (Å²) in [7, 11) is 0. The summed E-state index contributed by atoms with van der Waals surface area (Å²) in [6.45, 7) is 6.30. The number of carbonyl (C=O) groups is 2. The zero-order chi connectivity index (χ0) is 41.0. The van der Waals surface area contributed by atoms with Crippen molar-refractivity contribution in [3.8, 4) is 0 Å².